The molecular formula is C19H22N2O4. The number of para-hydroxylation sites is 1. The predicted molar refractivity (Wildman–Crippen MR) is 94.2 cm³/mol. The van der Waals surface area contributed by atoms with E-state index in [2.05, 4.69) is 10.9 Å². The zero-order valence-electron chi connectivity index (χ0n) is 14.5. The van der Waals surface area contributed by atoms with Gasteiger partial charge in [-0.25, -0.2) is 0 Å². The quantitative estimate of drug-likeness (QED) is 0.790. The van der Waals surface area contributed by atoms with Crippen LogP contribution in [0.5, 0.6) is 11.5 Å². The van der Waals surface area contributed by atoms with Gasteiger partial charge in [0, 0.05) is 0 Å². The van der Waals surface area contributed by atoms with Crippen molar-refractivity contribution in [3.8, 4) is 11.5 Å². The van der Waals surface area contributed by atoms with E-state index >= 15 is 0 Å². The average Bonchev–Trinajstić information content (AvgIpc) is 2.61. The minimum atomic E-state index is -0.752. The number of amides is 2. The Balaban J connectivity index is 1.74. The Hall–Kier alpha value is -3.02. The highest BCUT2D eigenvalue weighted by Crippen LogP contribution is 2.17. The number of benzene rings is 2. The van der Waals surface area contributed by atoms with Crippen molar-refractivity contribution >= 4 is 11.8 Å². The first-order valence-electron chi connectivity index (χ1n) is 7.96. The van der Waals surface area contributed by atoms with E-state index in [-0.39, 0.29) is 6.61 Å². The van der Waals surface area contributed by atoms with Gasteiger partial charge in [0.05, 0.1) is 0 Å². The van der Waals surface area contributed by atoms with Crippen LogP contribution in [0.4, 0.5) is 0 Å². The first-order chi connectivity index (χ1) is 12.0. The van der Waals surface area contributed by atoms with Crippen LogP contribution >= 0.6 is 0 Å². The fourth-order valence-electron chi connectivity index (χ4n) is 1.98. The Morgan fingerprint density at radius 2 is 1.68 bits per heavy atom. The van der Waals surface area contributed by atoms with Crippen molar-refractivity contribution < 1.29 is 19.1 Å². The Morgan fingerprint density at radius 3 is 2.36 bits per heavy atom. The van der Waals surface area contributed by atoms with Gasteiger partial charge in [-0.2, -0.15) is 0 Å². The average molecular weight is 342 g/mol. The fourth-order valence-corrected chi connectivity index (χ4v) is 1.98. The number of nitrogens with one attached hydrogen (secondary N) is 2. The summed E-state index contributed by atoms with van der Waals surface area (Å²) in [5.41, 5.74) is 6.85. The Morgan fingerprint density at radius 1 is 0.960 bits per heavy atom. The van der Waals surface area contributed by atoms with Gasteiger partial charge in [0.15, 0.2) is 12.7 Å². The largest absolute Gasteiger partial charge is 0.484 e. The van der Waals surface area contributed by atoms with E-state index in [0.29, 0.717) is 11.5 Å². The SMILES string of the molecule is Cc1ccc(OC(C)C(=O)NNC(=O)COc2ccccc2)cc1C. The van der Waals surface area contributed by atoms with E-state index < -0.39 is 17.9 Å². The third-order valence-corrected chi connectivity index (χ3v) is 3.60. The molecule has 0 saturated carbocycles. The molecule has 0 aliphatic heterocycles. The van der Waals surface area contributed by atoms with Gasteiger partial charge in [-0.3, -0.25) is 20.4 Å². The van der Waals surface area contributed by atoms with Crippen LogP contribution in [-0.2, 0) is 9.59 Å². The van der Waals surface area contributed by atoms with Gasteiger partial charge in [0.2, 0.25) is 0 Å². The molecule has 2 N–H and O–H groups in total. The van der Waals surface area contributed by atoms with Crippen LogP contribution in [0.25, 0.3) is 0 Å². The number of ether oxygens (including phenoxy) is 2. The number of hydrogen-bond acceptors (Lipinski definition) is 4. The van der Waals surface area contributed by atoms with E-state index in [0.717, 1.165) is 11.1 Å². The monoisotopic (exact) mass is 342 g/mol. The molecule has 132 valence electrons. The summed E-state index contributed by atoms with van der Waals surface area (Å²) in [4.78, 5) is 23.7. The van der Waals surface area contributed by atoms with Crippen LogP contribution in [0.2, 0.25) is 0 Å². The van der Waals surface area contributed by atoms with Gasteiger partial charge in [-0.1, -0.05) is 24.3 Å². The molecule has 25 heavy (non-hydrogen) atoms. The summed E-state index contributed by atoms with van der Waals surface area (Å²) in [5, 5.41) is 0. The van der Waals surface area contributed by atoms with Gasteiger partial charge in [-0.05, 0) is 56.2 Å². The number of rotatable bonds is 6. The molecule has 0 aliphatic rings. The highest BCUT2D eigenvalue weighted by Gasteiger charge is 2.15. The van der Waals surface area contributed by atoms with Crippen molar-refractivity contribution in [1.29, 1.82) is 0 Å². The smallest absolute Gasteiger partial charge is 0.279 e. The maximum atomic E-state index is 12.0. The predicted octanol–water partition coefficient (Wildman–Crippen LogP) is 2.30. The van der Waals surface area contributed by atoms with Crippen molar-refractivity contribution in [3.05, 3.63) is 59.7 Å². The molecule has 6 nitrogen and oxygen atoms in total. The van der Waals surface area contributed by atoms with Crippen LogP contribution in [-0.4, -0.2) is 24.5 Å². The second kappa shape index (κ2) is 8.73. The summed E-state index contributed by atoms with van der Waals surface area (Å²) >= 11 is 0. The zero-order valence-corrected chi connectivity index (χ0v) is 14.5. The van der Waals surface area contributed by atoms with Gasteiger partial charge in [0.1, 0.15) is 11.5 Å². The molecule has 2 amide bonds. The number of carbonyl (C=O) groups is 2. The second-order valence-electron chi connectivity index (χ2n) is 5.65. The lowest BCUT2D eigenvalue weighted by Crippen LogP contribution is -2.48. The Bertz CT molecular complexity index is 731. The first kappa shape index (κ1) is 18.3. The number of aryl methyl sites for hydroxylation is 2. The standard InChI is InChI=1S/C19H22N2O4/c1-13-9-10-17(11-14(13)2)25-15(3)19(23)21-20-18(22)12-24-16-7-5-4-6-8-16/h4-11,15H,12H2,1-3H3,(H,20,22)(H,21,23). The number of carbonyl (C=O) groups excluding carboxylic acids is 2. The molecule has 0 saturated heterocycles. The third-order valence-electron chi connectivity index (χ3n) is 3.60. The Kier molecular flexibility index (Phi) is 6.39. The molecule has 0 bridgehead atoms. The van der Waals surface area contributed by atoms with Crippen LogP contribution in [0.15, 0.2) is 48.5 Å². The minimum absolute atomic E-state index is 0.198. The molecule has 2 rings (SSSR count). The maximum Gasteiger partial charge on any atom is 0.279 e. The van der Waals surface area contributed by atoms with E-state index in [1.165, 1.54) is 0 Å². The molecule has 2 aromatic carbocycles. The first-order valence-corrected chi connectivity index (χ1v) is 7.96. The van der Waals surface area contributed by atoms with Crippen LogP contribution in [0, 0.1) is 13.8 Å². The van der Waals surface area contributed by atoms with Crippen molar-refractivity contribution in [1.82, 2.24) is 10.9 Å². The highest BCUT2D eigenvalue weighted by atomic mass is 16.5. The molecule has 1 unspecified atom stereocenters. The van der Waals surface area contributed by atoms with Crippen LogP contribution in [0.3, 0.4) is 0 Å². The lowest BCUT2D eigenvalue weighted by atomic mass is 10.1. The molecule has 6 heteroatoms. The minimum Gasteiger partial charge on any atom is -0.484 e. The van der Waals surface area contributed by atoms with Gasteiger partial charge >= 0.3 is 0 Å². The molecular weight excluding hydrogens is 320 g/mol. The van der Waals surface area contributed by atoms with E-state index in [1.54, 1.807) is 37.3 Å². The molecule has 0 radical (unpaired) electrons. The highest BCUT2D eigenvalue weighted by molar-refractivity contribution is 5.85. The molecule has 2 aromatic rings. The summed E-state index contributed by atoms with van der Waals surface area (Å²) in [7, 11) is 0. The van der Waals surface area contributed by atoms with Crippen molar-refractivity contribution in [2.45, 2.75) is 26.9 Å². The van der Waals surface area contributed by atoms with Crippen LogP contribution in [0.1, 0.15) is 18.1 Å². The molecule has 0 spiro atoms. The molecule has 0 fully saturated rings. The summed E-state index contributed by atoms with van der Waals surface area (Å²) in [6, 6.07) is 14.5. The van der Waals surface area contributed by atoms with Crippen molar-refractivity contribution in [3.63, 3.8) is 0 Å². The molecule has 0 aliphatic carbocycles. The number of hydrogen-bond donors (Lipinski definition) is 2. The van der Waals surface area contributed by atoms with E-state index in [4.69, 9.17) is 9.47 Å². The normalized spacial score (nSPS) is 11.3. The topological polar surface area (TPSA) is 76.7 Å². The van der Waals surface area contributed by atoms with E-state index in [1.807, 2.05) is 32.0 Å². The third kappa shape index (κ3) is 5.84. The summed E-state index contributed by atoms with van der Waals surface area (Å²) in [6.45, 7) is 5.38. The maximum absolute atomic E-state index is 12.0. The number of hydrazine groups is 1. The van der Waals surface area contributed by atoms with E-state index in [9.17, 15) is 9.59 Å². The van der Waals surface area contributed by atoms with Gasteiger partial charge in [0.25, 0.3) is 11.8 Å². The summed E-state index contributed by atoms with van der Waals surface area (Å²) < 4.78 is 10.9. The van der Waals surface area contributed by atoms with Crippen molar-refractivity contribution in [2.24, 2.45) is 0 Å². The van der Waals surface area contributed by atoms with Crippen LogP contribution < -0.4 is 20.3 Å². The second-order valence-corrected chi connectivity index (χ2v) is 5.65. The molecule has 0 aromatic heterocycles. The lowest BCUT2D eigenvalue weighted by molar-refractivity contribution is -0.133. The zero-order chi connectivity index (χ0) is 18.2. The lowest BCUT2D eigenvalue weighted by Gasteiger charge is -2.16. The van der Waals surface area contributed by atoms with Crippen molar-refractivity contribution in [2.75, 3.05) is 6.61 Å². The summed E-state index contributed by atoms with van der Waals surface area (Å²) in [6.07, 6.45) is -0.752. The fraction of sp³-hybridized carbons (Fsp3) is 0.263. The van der Waals surface area contributed by atoms with Gasteiger partial charge < -0.3 is 9.47 Å². The van der Waals surface area contributed by atoms with Gasteiger partial charge in [-0.15, -0.1) is 0 Å². The molecule has 1 atom stereocenters. The summed E-state index contributed by atoms with van der Waals surface area (Å²) in [5.74, 6) is 0.266. The molecule has 0 heterocycles. The Labute approximate surface area is 147 Å².